The lowest BCUT2D eigenvalue weighted by Gasteiger charge is -2.20. The van der Waals surface area contributed by atoms with E-state index in [1.165, 1.54) is 0 Å². The number of anilines is 1. The van der Waals surface area contributed by atoms with E-state index in [4.69, 9.17) is 5.73 Å². The molecule has 19 heavy (non-hydrogen) atoms. The van der Waals surface area contributed by atoms with Gasteiger partial charge in [-0.05, 0) is 30.9 Å². The molecule has 1 amide bonds. The second kappa shape index (κ2) is 6.55. The molecule has 2 unspecified atom stereocenters. The van der Waals surface area contributed by atoms with Crippen molar-refractivity contribution in [3.05, 3.63) is 23.4 Å². The van der Waals surface area contributed by atoms with E-state index in [0.29, 0.717) is 17.3 Å². The van der Waals surface area contributed by atoms with Gasteiger partial charge in [-0.25, -0.2) is 4.98 Å². The molecular weight excluding hydrogens is 238 g/mol. The Labute approximate surface area is 115 Å². The Bertz CT molecular complexity index is 443. The number of amides is 1. The number of nitrogens with zero attached hydrogens (tertiary/aromatic N) is 1. The second-order valence-corrected chi connectivity index (χ2v) is 5.51. The summed E-state index contributed by atoms with van der Waals surface area (Å²) in [7, 11) is 0. The molecule has 0 saturated carbocycles. The molecule has 0 aliphatic heterocycles. The molecule has 0 aliphatic rings. The zero-order chi connectivity index (χ0) is 14.6. The molecule has 0 radical (unpaired) electrons. The van der Waals surface area contributed by atoms with Crippen molar-refractivity contribution >= 4 is 11.7 Å². The van der Waals surface area contributed by atoms with Crippen LogP contribution in [0.5, 0.6) is 0 Å². The number of carbonyl (C=O) groups excluding carboxylic acids is 1. The third-order valence-electron chi connectivity index (χ3n) is 3.57. The maximum Gasteiger partial charge on any atom is 0.251 e. The number of nitrogens with two attached hydrogens (primary N) is 1. The molecule has 4 nitrogen and oxygen atoms in total. The first-order valence-electron chi connectivity index (χ1n) is 6.93. The fraction of sp³-hybridized carbons (Fsp3) is 0.600. The lowest BCUT2D eigenvalue weighted by atomic mass is 10.0. The Morgan fingerprint density at radius 2 is 1.95 bits per heavy atom. The summed E-state index contributed by atoms with van der Waals surface area (Å²) in [5, 5.41) is 3.02. The van der Waals surface area contributed by atoms with Crippen LogP contribution in [0, 0.1) is 5.92 Å². The zero-order valence-electron chi connectivity index (χ0n) is 12.5. The Hall–Kier alpha value is -1.58. The average Bonchev–Trinajstić information content (AvgIpc) is 2.36. The van der Waals surface area contributed by atoms with Crippen LogP contribution in [0.3, 0.4) is 0 Å². The number of hydrogen-bond donors (Lipinski definition) is 2. The molecule has 1 aromatic heterocycles. The number of hydrogen-bond acceptors (Lipinski definition) is 3. The van der Waals surface area contributed by atoms with E-state index in [1.807, 2.05) is 26.8 Å². The maximum atomic E-state index is 12.2. The highest BCUT2D eigenvalue weighted by atomic mass is 16.1. The van der Waals surface area contributed by atoms with Crippen LogP contribution in [0.2, 0.25) is 0 Å². The van der Waals surface area contributed by atoms with Crippen molar-refractivity contribution in [1.82, 2.24) is 10.3 Å². The molecule has 106 valence electrons. The van der Waals surface area contributed by atoms with Crippen LogP contribution in [0.25, 0.3) is 0 Å². The molecule has 0 saturated heterocycles. The minimum absolute atomic E-state index is 0.0798. The number of nitrogen functional groups attached to an aromatic ring is 1. The number of carbonyl (C=O) groups is 1. The van der Waals surface area contributed by atoms with E-state index in [-0.39, 0.29) is 17.9 Å². The fourth-order valence-electron chi connectivity index (χ4n) is 1.79. The predicted molar refractivity (Wildman–Crippen MR) is 79.1 cm³/mol. The predicted octanol–water partition coefficient (Wildman–Crippen LogP) is 2.95. The Morgan fingerprint density at radius 1 is 1.32 bits per heavy atom. The molecule has 0 aromatic carbocycles. The largest absolute Gasteiger partial charge is 0.384 e. The summed E-state index contributed by atoms with van der Waals surface area (Å²) in [4.78, 5) is 16.5. The van der Waals surface area contributed by atoms with Crippen molar-refractivity contribution in [2.45, 2.75) is 53.0 Å². The molecule has 4 heteroatoms. The number of rotatable bonds is 5. The highest BCUT2D eigenvalue weighted by Gasteiger charge is 2.16. The van der Waals surface area contributed by atoms with E-state index in [1.54, 1.807) is 6.07 Å². The van der Waals surface area contributed by atoms with Crippen molar-refractivity contribution in [3.63, 3.8) is 0 Å². The summed E-state index contributed by atoms with van der Waals surface area (Å²) in [6.45, 7) is 10.3. The van der Waals surface area contributed by atoms with Crippen molar-refractivity contribution in [1.29, 1.82) is 0 Å². The molecule has 0 spiro atoms. The Balaban J connectivity index is 2.88. The quantitative estimate of drug-likeness (QED) is 0.858. The third-order valence-corrected chi connectivity index (χ3v) is 3.57. The first-order chi connectivity index (χ1) is 8.85. The summed E-state index contributed by atoms with van der Waals surface area (Å²) >= 11 is 0. The number of aromatic nitrogens is 1. The first-order valence-corrected chi connectivity index (χ1v) is 6.93. The van der Waals surface area contributed by atoms with E-state index in [9.17, 15) is 4.79 Å². The lowest BCUT2D eigenvalue weighted by Crippen LogP contribution is -2.37. The molecule has 1 aromatic rings. The molecule has 0 aliphatic carbocycles. The minimum atomic E-state index is -0.0798. The van der Waals surface area contributed by atoms with Gasteiger partial charge in [0.05, 0.1) is 0 Å². The van der Waals surface area contributed by atoms with Gasteiger partial charge in [-0.2, -0.15) is 0 Å². The summed E-state index contributed by atoms with van der Waals surface area (Å²) in [6.07, 6.45) is 1.04. The molecular formula is C15H25N3O. The molecule has 1 heterocycles. The van der Waals surface area contributed by atoms with E-state index >= 15 is 0 Å². The van der Waals surface area contributed by atoms with Gasteiger partial charge in [0.25, 0.3) is 5.91 Å². The summed E-state index contributed by atoms with van der Waals surface area (Å²) in [5.41, 5.74) is 7.20. The van der Waals surface area contributed by atoms with Gasteiger partial charge in [0.2, 0.25) is 0 Å². The van der Waals surface area contributed by atoms with E-state index in [0.717, 1.165) is 12.1 Å². The number of nitrogens with one attached hydrogen (secondary N) is 1. The average molecular weight is 263 g/mol. The van der Waals surface area contributed by atoms with Gasteiger partial charge in [-0.1, -0.05) is 34.1 Å². The molecule has 0 bridgehead atoms. The van der Waals surface area contributed by atoms with Crippen molar-refractivity contribution in [3.8, 4) is 0 Å². The Kier molecular flexibility index (Phi) is 5.33. The zero-order valence-corrected chi connectivity index (χ0v) is 12.5. The monoisotopic (exact) mass is 263 g/mol. The van der Waals surface area contributed by atoms with Crippen molar-refractivity contribution in [2.24, 2.45) is 5.92 Å². The maximum absolute atomic E-state index is 12.2. The van der Waals surface area contributed by atoms with Crippen LogP contribution in [0.1, 0.15) is 63.0 Å². The van der Waals surface area contributed by atoms with E-state index in [2.05, 4.69) is 24.1 Å². The van der Waals surface area contributed by atoms with E-state index < -0.39 is 0 Å². The van der Waals surface area contributed by atoms with Gasteiger partial charge in [0.1, 0.15) is 5.82 Å². The second-order valence-electron chi connectivity index (χ2n) is 5.51. The van der Waals surface area contributed by atoms with Crippen LogP contribution in [0.4, 0.5) is 5.82 Å². The van der Waals surface area contributed by atoms with Crippen LogP contribution in [0.15, 0.2) is 12.1 Å². The van der Waals surface area contributed by atoms with Gasteiger partial charge in [-0.3, -0.25) is 4.79 Å². The highest BCUT2D eigenvalue weighted by molar-refractivity contribution is 5.95. The third kappa shape index (κ3) is 4.23. The van der Waals surface area contributed by atoms with Gasteiger partial charge in [0, 0.05) is 17.3 Å². The van der Waals surface area contributed by atoms with Crippen molar-refractivity contribution in [2.75, 3.05) is 5.73 Å². The molecule has 3 N–H and O–H groups in total. The summed E-state index contributed by atoms with van der Waals surface area (Å²) < 4.78 is 0. The normalized spacial score (nSPS) is 14.2. The minimum Gasteiger partial charge on any atom is -0.384 e. The molecule has 1 rings (SSSR count). The van der Waals surface area contributed by atoms with Gasteiger partial charge in [0.15, 0.2) is 0 Å². The van der Waals surface area contributed by atoms with Crippen LogP contribution in [-0.2, 0) is 0 Å². The van der Waals surface area contributed by atoms with Crippen molar-refractivity contribution < 1.29 is 4.79 Å². The van der Waals surface area contributed by atoms with Crippen LogP contribution >= 0.6 is 0 Å². The molecule has 2 atom stereocenters. The molecule has 0 fully saturated rings. The van der Waals surface area contributed by atoms with Crippen LogP contribution in [-0.4, -0.2) is 16.9 Å². The van der Waals surface area contributed by atoms with Gasteiger partial charge < -0.3 is 11.1 Å². The summed E-state index contributed by atoms with van der Waals surface area (Å²) in [6, 6.07) is 3.60. The van der Waals surface area contributed by atoms with Crippen LogP contribution < -0.4 is 11.1 Å². The SMILES string of the molecule is CCC(C)C(C)NC(=O)c1cc(N)nc(C(C)C)c1. The number of pyridine rings is 1. The van der Waals surface area contributed by atoms with Gasteiger partial charge >= 0.3 is 0 Å². The smallest absolute Gasteiger partial charge is 0.251 e. The Morgan fingerprint density at radius 3 is 2.47 bits per heavy atom. The standard InChI is InChI=1S/C15H25N3O/c1-6-10(4)11(5)17-15(19)12-7-13(9(2)3)18-14(16)8-12/h7-11H,6H2,1-5H3,(H2,16,18)(H,17,19). The van der Waals surface area contributed by atoms with Gasteiger partial charge in [-0.15, -0.1) is 0 Å². The first kappa shape index (κ1) is 15.5. The fourth-order valence-corrected chi connectivity index (χ4v) is 1.79. The topological polar surface area (TPSA) is 68.0 Å². The lowest BCUT2D eigenvalue weighted by molar-refractivity contribution is 0.0928. The summed E-state index contributed by atoms with van der Waals surface area (Å²) in [5.74, 6) is 1.02. The highest BCUT2D eigenvalue weighted by Crippen LogP contribution is 2.16.